The third kappa shape index (κ3) is 29.5. The van der Waals surface area contributed by atoms with E-state index in [1.54, 1.807) is 0 Å². The standard InChI is InChI=1S/C60H100N24O11S2/c61-23-5-3-14-38-49(87)80-42(15-4-6-24-62)55(93)84-29-11-20-46(84)54(92)79-41(18-9-27-74-59(68)69)51(89)83-45(53(91)81-43(56(94)95)19-10-28-75-60(70)71)33-97-96-32-44(52(90)78-38)82-50(88)40(17-8-26-73-58(66)67)77-48(86)39(16-7-25-72-57(64)65)76-47(85)37(63)31-34-21-22-35-12-1-2-13-36(35)30-34/h1-2,12-13,21-22,30,37-46H,3-11,14-20,23-29,31-33,61-63H2,(H,76,85)(H,77,86)(H,78,90)(H,79,92)(H,80,87)(H,81,91)(H,82,88)(H,83,89)(H,94,95)(H4,64,65,72)(H4,66,67,73)(H4,68,69,74)(H4,70,71,75)/t37-,38-,39-,40-,41-,42+,43-,44-,45-,46-/m0/s1. The minimum Gasteiger partial charge on any atom is -0.480 e. The molecule has 37 heteroatoms. The smallest absolute Gasteiger partial charge is 0.326 e. The van der Waals surface area contributed by atoms with Crippen LogP contribution in [-0.4, -0.2) is 211 Å². The van der Waals surface area contributed by atoms with Crippen molar-refractivity contribution in [1.29, 1.82) is 0 Å². The third-order valence-electron chi connectivity index (χ3n) is 15.7. The molecule has 0 radical (unpaired) electrons. The lowest BCUT2D eigenvalue weighted by Gasteiger charge is -2.31. The topological polar surface area (TPSA) is 626 Å². The van der Waals surface area contributed by atoms with Crippen LogP contribution in [0.1, 0.15) is 108 Å². The molecule has 0 bridgehead atoms. The average Bonchev–Trinajstić information content (AvgIpc) is 1.80. The maximum Gasteiger partial charge on any atom is 0.326 e. The summed E-state index contributed by atoms with van der Waals surface area (Å²) in [6.07, 6.45) is 2.23. The average molecular weight is 1400 g/mol. The highest BCUT2D eigenvalue weighted by Gasteiger charge is 2.41. The summed E-state index contributed by atoms with van der Waals surface area (Å²) in [4.78, 5) is 161. The van der Waals surface area contributed by atoms with Crippen LogP contribution in [0.2, 0.25) is 0 Å². The summed E-state index contributed by atoms with van der Waals surface area (Å²) < 4.78 is 0. The number of carbonyl (C=O) groups excluding carboxylic acids is 9. The number of nitrogens with zero attached hydrogens (tertiary/aromatic N) is 5. The van der Waals surface area contributed by atoms with E-state index in [0.29, 0.717) is 32.1 Å². The van der Waals surface area contributed by atoms with Crippen molar-refractivity contribution < 1.29 is 53.1 Å². The molecule has 2 heterocycles. The highest BCUT2D eigenvalue weighted by molar-refractivity contribution is 8.76. The molecule has 2 aliphatic rings. The zero-order chi connectivity index (χ0) is 71.4. The molecule has 2 aliphatic heterocycles. The summed E-state index contributed by atoms with van der Waals surface area (Å²) in [7, 11) is 1.84. The summed E-state index contributed by atoms with van der Waals surface area (Å²) in [5.41, 5.74) is 63.5. The Balaban J connectivity index is 1.81. The monoisotopic (exact) mass is 1400 g/mol. The summed E-state index contributed by atoms with van der Waals surface area (Å²) in [5, 5.41) is 33.8. The number of guanidine groups is 4. The predicted molar refractivity (Wildman–Crippen MR) is 374 cm³/mol. The molecule has 2 fully saturated rings. The van der Waals surface area contributed by atoms with Crippen LogP contribution in [0.5, 0.6) is 0 Å². The van der Waals surface area contributed by atoms with E-state index in [0.717, 1.165) is 37.9 Å². The van der Waals surface area contributed by atoms with Gasteiger partial charge in [0.05, 0.1) is 6.04 Å². The van der Waals surface area contributed by atoms with E-state index in [-0.39, 0.29) is 158 Å². The molecule has 9 amide bonds. The SMILES string of the molecule is NCCCC[C@@H]1NC(=O)[C@@H](NC(=O)[C@H](CCCN=C(N)N)NC(=O)[C@H](CCCN=C(N)N)NC(=O)[C@@H](N)Cc2ccc3ccccc3c2)CSSC[C@@H](C(=O)N[C@@H](CCCN=C(N)N)C(=O)O)NC(=O)[C@H](CCCN=C(N)N)NC(=O)[C@@H]2CCCN2C(=O)[C@@H](CCCCN)NC1=O. The molecule has 2 saturated heterocycles. The number of fused-ring (bicyclic) bond motifs is 2. The maximum atomic E-state index is 15.0. The molecule has 97 heavy (non-hydrogen) atoms. The first-order valence-electron chi connectivity index (χ1n) is 32.4. The van der Waals surface area contributed by atoms with Gasteiger partial charge in [-0.05, 0) is 139 Å². The van der Waals surface area contributed by atoms with Gasteiger partial charge in [-0.25, -0.2) is 4.79 Å². The number of amides is 9. The van der Waals surface area contributed by atoms with Crippen molar-refractivity contribution in [2.75, 3.05) is 57.3 Å². The number of hydrogen-bond acceptors (Lipinski definition) is 19. The molecule has 31 N–H and O–H groups in total. The van der Waals surface area contributed by atoms with Crippen LogP contribution in [0.25, 0.3) is 10.8 Å². The van der Waals surface area contributed by atoms with Gasteiger partial charge in [0.1, 0.15) is 54.4 Å². The number of carbonyl (C=O) groups is 10. The number of aliphatic carboxylic acids is 1. The van der Waals surface area contributed by atoms with Crippen molar-refractivity contribution in [3.8, 4) is 0 Å². The third-order valence-corrected chi connectivity index (χ3v) is 18.1. The fraction of sp³-hybridized carbons (Fsp3) is 0.600. The molecular weight excluding hydrogens is 1300 g/mol. The fourth-order valence-electron chi connectivity index (χ4n) is 10.6. The Bertz CT molecular complexity index is 3070. The Kier molecular flexibility index (Phi) is 35.9. The number of nitrogens with two attached hydrogens (primary N) is 11. The first kappa shape index (κ1) is 80.5. The quantitative estimate of drug-likeness (QED) is 0.0132. The lowest BCUT2D eigenvalue weighted by molar-refractivity contribution is -0.143. The Hall–Kier alpha value is -8.94. The second kappa shape index (κ2) is 43.3. The van der Waals surface area contributed by atoms with Crippen LogP contribution in [0.4, 0.5) is 0 Å². The first-order chi connectivity index (χ1) is 46.3. The lowest BCUT2D eigenvalue weighted by Crippen LogP contribution is -2.61. The van der Waals surface area contributed by atoms with E-state index < -0.39 is 120 Å². The number of nitrogens with one attached hydrogen (secondary N) is 8. The van der Waals surface area contributed by atoms with Crippen LogP contribution in [0.3, 0.4) is 0 Å². The molecule has 4 rings (SSSR count). The normalized spacial score (nSPS) is 20.1. The van der Waals surface area contributed by atoms with Gasteiger partial charge in [-0.3, -0.25) is 63.1 Å². The maximum absolute atomic E-state index is 15.0. The lowest BCUT2D eigenvalue weighted by atomic mass is 10.0. The molecule has 0 aromatic heterocycles. The second-order valence-corrected chi connectivity index (χ2v) is 26.0. The number of carboxylic acid groups (broad SMARTS) is 1. The summed E-state index contributed by atoms with van der Waals surface area (Å²) in [5.74, 6) is -10.4. The number of carboxylic acids is 1. The van der Waals surface area contributed by atoms with Gasteiger partial charge in [0.25, 0.3) is 0 Å². The van der Waals surface area contributed by atoms with Gasteiger partial charge in [-0.2, -0.15) is 0 Å². The van der Waals surface area contributed by atoms with Gasteiger partial charge in [-0.1, -0.05) is 64.1 Å². The first-order valence-corrected chi connectivity index (χ1v) is 34.9. The zero-order valence-corrected chi connectivity index (χ0v) is 56.3. The largest absolute Gasteiger partial charge is 0.480 e. The van der Waals surface area contributed by atoms with E-state index >= 15 is 4.79 Å². The molecule has 35 nitrogen and oxygen atoms in total. The molecule has 0 saturated carbocycles. The number of hydrogen-bond donors (Lipinski definition) is 20. The van der Waals surface area contributed by atoms with Gasteiger partial charge in [0.15, 0.2) is 23.8 Å². The second-order valence-electron chi connectivity index (χ2n) is 23.4. The Morgan fingerprint density at radius 1 is 0.557 bits per heavy atom. The zero-order valence-electron chi connectivity index (χ0n) is 54.6. The van der Waals surface area contributed by atoms with Crippen molar-refractivity contribution >= 4 is 115 Å². The van der Waals surface area contributed by atoms with Gasteiger partial charge in [-0.15, -0.1) is 0 Å². The molecule has 538 valence electrons. The van der Waals surface area contributed by atoms with Crippen molar-refractivity contribution in [3.63, 3.8) is 0 Å². The minimum absolute atomic E-state index is 0.00580. The Labute approximate surface area is 571 Å². The fourth-order valence-corrected chi connectivity index (χ4v) is 12.9. The highest BCUT2D eigenvalue weighted by Crippen LogP contribution is 2.25. The molecule has 10 atom stereocenters. The van der Waals surface area contributed by atoms with Gasteiger partial charge >= 0.3 is 5.97 Å². The summed E-state index contributed by atoms with van der Waals surface area (Å²) in [6, 6.07) is -0.473. The molecule has 0 unspecified atom stereocenters. The molecule has 0 aliphatic carbocycles. The molecule has 2 aromatic carbocycles. The number of aliphatic imine (C=N–C) groups is 4. The number of benzene rings is 2. The van der Waals surface area contributed by atoms with Crippen molar-refractivity contribution in [2.24, 2.45) is 83.0 Å². The van der Waals surface area contributed by atoms with Crippen LogP contribution in [-0.2, 0) is 54.4 Å². The molecular formula is C60H100N24O11S2. The molecule has 0 spiro atoms. The molecule has 2 aromatic rings. The van der Waals surface area contributed by atoms with Crippen molar-refractivity contribution in [3.05, 3.63) is 48.0 Å². The van der Waals surface area contributed by atoms with Crippen LogP contribution >= 0.6 is 21.6 Å². The van der Waals surface area contributed by atoms with E-state index in [4.69, 9.17) is 63.1 Å². The van der Waals surface area contributed by atoms with Crippen LogP contribution < -0.4 is 106 Å². The van der Waals surface area contributed by atoms with E-state index in [1.165, 1.54) is 4.90 Å². The summed E-state index contributed by atoms with van der Waals surface area (Å²) >= 11 is 0. The number of unbranched alkanes of at least 4 members (excludes halogenated alkanes) is 2. The number of rotatable bonds is 35. The Morgan fingerprint density at radius 3 is 1.63 bits per heavy atom. The van der Waals surface area contributed by atoms with Gasteiger partial charge in [0, 0.05) is 44.2 Å². The van der Waals surface area contributed by atoms with E-state index in [2.05, 4.69) is 62.5 Å². The van der Waals surface area contributed by atoms with Crippen molar-refractivity contribution in [2.45, 2.75) is 170 Å². The van der Waals surface area contributed by atoms with Gasteiger partial charge < -0.3 is 116 Å². The minimum atomic E-state index is -1.58. The van der Waals surface area contributed by atoms with E-state index in [9.17, 15) is 48.3 Å². The highest BCUT2D eigenvalue weighted by atomic mass is 33.1. The predicted octanol–water partition coefficient (Wildman–Crippen LogP) is -5.47. The summed E-state index contributed by atoms with van der Waals surface area (Å²) in [6.45, 7) is 0.627. The van der Waals surface area contributed by atoms with Crippen molar-refractivity contribution in [1.82, 2.24) is 47.4 Å². The van der Waals surface area contributed by atoms with Crippen LogP contribution in [0, 0.1) is 0 Å². The Morgan fingerprint density at radius 2 is 1.05 bits per heavy atom. The van der Waals surface area contributed by atoms with Gasteiger partial charge in [0.2, 0.25) is 53.2 Å². The van der Waals surface area contributed by atoms with Crippen LogP contribution in [0.15, 0.2) is 62.4 Å². The van der Waals surface area contributed by atoms with E-state index in [1.807, 2.05) is 42.5 Å².